The van der Waals surface area contributed by atoms with Crippen LogP contribution in [0.25, 0.3) is 11.3 Å². The van der Waals surface area contributed by atoms with E-state index in [0.717, 1.165) is 0 Å². The van der Waals surface area contributed by atoms with Gasteiger partial charge in [-0.15, -0.1) is 0 Å². The molecule has 2 aromatic rings. The number of hydrogen-bond donors (Lipinski definition) is 2. The Morgan fingerprint density at radius 3 is 2.46 bits per heavy atom. The maximum absolute atomic E-state index is 12.1. The van der Waals surface area contributed by atoms with Crippen molar-refractivity contribution >= 4 is 35.0 Å². The van der Waals surface area contributed by atoms with Crippen LogP contribution in [-0.2, 0) is 4.79 Å². The van der Waals surface area contributed by atoms with Crippen molar-refractivity contribution in [2.45, 2.75) is 26.3 Å². The minimum Gasteiger partial charge on any atom is -0.451 e. The van der Waals surface area contributed by atoms with Crippen LogP contribution in [0, 0.1) is 0 Å². The van der Waals surface area contributed by atoms with Gasteiger partial charge in [-0.1, -0.05) is 23.2 Å². The minimum atomic E-state index is -0.476. The average molecular weight is 369 g/mol. The lowest BCUT2D eigenvalue weighted by Gasteiger charge is -2.20. The molecule has 5 nitrogen and oxygen atoms in total. The molecule has 1 heterocycles. The van der Waals surface area contributed by atoms with E-state index in [-0.39, 0.29) is 23.8 Å². The molecule has 2 rings (SSSR count). The third kappa shape index (κ3) is 5.01. The van der Waals surface area contributed by atoms with E-state index in [1.165, 1.54) is 6.07 Å². The topological polar surface area (TPSA) is 71.3 Å². The van der Waals surface area contributed by atoms with Gasteiger partial charge in [0.2, 0.25) is 5.91 Å². The van der Waals surface area contributed by atoms with Gasteiger partial charge in [0, 0.05) is 16.1 Å². The van der Waals surface area contributed by atoms with Gasteiger partial charge in [-0.05, 0) is 51.1 Å². The second kappa shape index (κ2) is 7.28. The summed E-state index contributed by atoms with van der Waals surface area (Å²) in [7, 11) is 0. The Kier molecular flexibility index (Phi) is 5.57. The second-order valence-electron chi connectivity index (χ2n) is 6.27. The van der Waals surface area contributed by atoms with Gasteiger partial charge in [-0.3, -0.25) is 9.59 Å². The van der Waals surface area contributed by atoms with Gasteiger partial charge in [-0.2, -0.15) is 0 Å². The molecule has 0 aliphatic carbocycles. The summed E-state index contributed by atoms with van der Waals surface area (Å²) in [6, 6.07) is 8.15. The monoisotopic (exact) mass is 368 g/mol. The number of nitrogens with one attached hydrogen (secondary N) is 2. The number of carbonyl (C=O) groups is 2. The first-order valence-corrected chi connectivity index (χ1v) is 8.06. The summed E-state index contributed by atoms with van der Waals surface area (Å²) in [5.74, 6) is -0.209. The van der Waals surface area contributed by atoms with E-state index >= 15 is 0 Å². The molecule has 1 aromatic carbocycles. The molecule has 0 aliphatic heterocycles. The van der Waals surface area contributed by atoms with Crippen molar-refractivity contribution in [3.05, 3.63) is 46.1 Å². The van der Waals surface area contributed by atoms with Crippen molar-refractivity contribution in [3.63, 3.8) is 0 Å². The molecule has 0 unspecified atom stereocenters. The van der Waals surface area contributed by atoms with Gasteiger partial charge in [0.05, 0.1) is 11.6 Å². The molecule has 2 N–H and O–H groups in total. The van der Waals surface area contributed by atoms with E-state index in [2.05, 4.69) is 10.6 Å². The number of hydrogen-bond acceptors (Lipinski definition) is 3. The number of rotatable bonds is 4. The van der Waals surface area contributed by atoms with Gasteiger partial charge in [-0.25, -0.2) is 0 Å². The summed E-state index contributed by atoms with van der Waals surface area (Å²) >= 11 is 12.0. The molecular formula is C17H18Cl2N2O3. The summed E-state index contributed by atoms with van der Waals surface area (Å²) in [6.07, 6.45) is 0. The molecule has 128 valence electrons. The number of furan rings is 1. The number of carbonyl (C=O) groups excluding carboxylic acids is 2. The molecule has 2 amide bonds. The highest BCUT2D eigenvalue weighted by Crippen LogP contribution is 2.31. The van der Waals surface area contributed by atoms with E-state index in [1.807, 2.05) is 20.8 Å². The van der Waals surface area contributed by atoms with E-state index < -0.39 is 5.91 Å². The van der Waals surface area contributed by atoms with E-state index in [4.69, 9.17) is 27.6 Å². The Morgan fingerprint density at radius 1 is 1.12 bits per heavy atom. The highest BCUT2D eigenvalue weighted by atomic mass is 35.5. The smallest absolute Gasteiger partial charge is 0.287 e. The average Bonchev–Trinajstić information content (AvgIpc) is 2.92. The molecular weight excluding hydrogens is 351 g/mol. The van der Waals surface area contributed by atoms with Gasteiger partial charge in [0.1, 0.15) is 5.76 Å². The fraction of sp³-hybridized carbons (Fsp3) is 0.294. The summed E-state index contributed by atoms with van der Waals surface area (Å²) < 4.78 is 5.51. The zero-order valence-electron chi connectivity index (χ0n) is 13.6. The van der Waals surface area contributed by atoms with Crippen LogP contribution in [0.5, 0.6) is 0 Å². The predicted octanol–water partition coefficient (Wildman–Crippen LogP) is 3.90. The first-order valence-electron chi connectivity index (χ1n) is 7.30. The molecule has 0 radical (unpaired) electrons. The molecule has 0 saturated heterocycles. The lowest BCUT2D eigenvalue weighted by atomic mass is 10.1. The van der Waals surface area contributed by atoms with Crippen LogP contribution in [0.2, 0.25) is 10.0 Å². The van der Waals surface area contributed by atoms with Crippen LogP contribution < -0.4 is 10.6 Å². The molecule has 0 aliphatic rings. The molecule has 0 atom stereocenters. The van der Waals surface area contributed by atoms with Crippen molar-refractivity contribution in [2.24, 2.45) is 0 Å². The molecule has 1 aromatic heterocycles. The van der Waals surface area contributed by atoms with Gasteiger partial charge < -0.3 is 15.1 Å². The minimum absolute atomic E-state index is 0.0968. The first kappa shape index (κ1) is 18.4. The molecule has 0 fully saturated rings. The fourth-order valence-corrected chi connectivity index (χ4v) is 2.51. The van der Waals surface area contributed by atoms with Crippen LogP contribution in [-0.4, -0.2) is 23.9 Å². The molecule has 0 saturated carbocycles. The Hall–Kier alpha value is -1.98. The lowest BCUT2D eigenvalue weighted by Crippen LogP contribution is -2.45. The van der Waals surface area contributed by atoms with Crippen molar-refractivity contribution in [1.82, 2.24) is 10.6 Å². The SMILES string of the molecule is CC(C)(C)NC(=O)CNC(=O)c1ccc(-c2ccc(Cl)cc2Cl)o1. The zero-order valence-corrected chi connectivity index (χ0v) is 15.1. The Bertz CT molecular complexity index is 763. The standard InChI is InChI=1S/C17H18Cl2N2O3/c1-17(2,3)21-15(22)9-20-16(23)14-7-6-13(24-14)11-5-4-10(18)8-12(11)19/h4-8H,9H2,1-3H3,(H,20,23)(H,21,22). The first-order chi connectivity index (χ1) is 11.2. The van der Waals surface area contributed by atoms with Gasteiger partial charge in [0.15, 0.2) is 5.76 Å². The normalized spacial score (nSPS) is 11.2. The van der Waals surface area contributed by atoms with Crippen LogP contribution in [0.4, 0.5) is 0 Å². The highest BCUT2D eigenvalue weighted by molar-refractivity contribution is 6.36. The summed E-state index contributed by atoms with van der Waals surface area (Å²) in [5, 5.41) is 6.20. The van der Waals surface area contributed by atoms with Crippen molar-refractivity contribution in [3.8, 4) is 11.3 Å². The fourth-order valence-electron chi connectivity index (χ4n) is 2.00. The molecule has 7 heteroatoms. The lowest BCUT2D eigenvalue weighted by molar-refractivity contribution is -0.121. The van der Waals surface area contributed by atoms with E-state index in [1.54, 1.807) is 24.3 Å². The van der Waals surface area contributed by atoms with Crippen LogP contribution in [0.15, 0.2) is 34.7 Å². The number of halogens is 2. The quantitative estimate of drug-likeness (QED) is 0.859. The number of benzene rings is 1. The maximum atomic E-state index is 12.1. The molecule has 0 spiro atoms. The number of amides is 2. The van der Waals surface area contributed by atoms with E-state index in [9.17, 15) is 9.59 Å². The van der Waals surface area contributed by atoms with Crippen molar-refractivity contribution in [1.29, 1.82) is 0 Å². The van der Waals surface area contributed by atoms with Crippen LogP contribution in [0.3, 0.4) is 0 Å². The second-order valence-corrected chi connectivity index (χ2v) is 7.11. The molecule has 0 bridgehead atoms. The van der Waals surface area contributed by atoms with Crippen LogP contribution in [0.1, 0.15) is 31.3 Å². The maximum Gasteiger partial charge on any atom is 0.287 e. The van der Waals surface area contributed by atoms with Crippen molar-refractivity contribution < 1.29 is 14.0 Å². The zero-order chi connectivity index (χ0) is 17.9. The predicted molar refractivity (Wildman–Crippen MR) is 94.4 cm³/mol. The van der Waals surface area contributed by atoms with Crippen LogP contribution >= 0.6 is 23.2 Å². The highest BCUT2D eigenvalue weighted by Gasteiger charge is 2.17. The third-order valence-electron chi connectivity index (χ3n) is 2.95. The van der Waals surface area contributed by atoms with E-state index in [0.29, 0.717) is 21.4 Å². The summed E-state index contributed by atoms with van der Waals surface area (Å²) in [4.78, 5) is 23.8. The largest absolute Gasteiger partial charge is 0.451 e. The van der Waals surface area contributed by atoms with Crippen molar-refractivity contribution in [2.75, 3.05) is 6.54 Å². The Balaban J connectivity index is 2.02. The Labute approximate surface area is 150 Å². The molecule has 24 heavy (non-hydrogen) atoms. The Morgan fingerprint density at radius 2 is 1.83 bits per heavy atom. The summed E-state index contributed by atoms with van der Waals surface area (Å²) in [6.45, 7) is 5.46. The third-order valence-corrected chi connectivity index (χ3v) is 3.50. The summed E-state index contributed by atoms with van der Waals surface area (Å²) in [5.41, 5.74) is 0.274. The van der Waals surface area contributed by atoms with Gasteiger partial charge >= 0.3 is 0 Å². The van der Waals surface area contributed by atoms with Gasteiger partial charge in [0.25, 0.3) is 5.91 Å².